The van der Waals surface area contributed by atoms with Gasteiger partial charge in [-0.2, -0.15) is 0 Å². The van der Waals surface area contributed by atoms with E-state index in [0.717, 1.165) is 23.4 Å². The zero-order chi connectivity index (χ0) is 27.9. The van der Waals surface area contributed by atoms with E-state index in [0.29, 0.717) is 53.3 Å². The van der Waals surface area contributed by atoms with Gasteiger partial charge in [0.25, 0.3) is 0 Å². The predicted molar refractivity (Wildman–Crippen MR) is 149 cm³/mol. The van der Waals surface area contributed by atoms with Crippen LogP contribution in [0.15, 0.2) is 36.4 Å². The summed E-state index contributed by atoms with van der Waals surface area (Å²) >= 11 is 12.8. The zero-order valence-electron chi connectivity index (χ0n) is 21.7. The molecule has 1 aliphatic heterocycles. The minimum absolute atomic E-state index is 0.0736. The fourth-order valence-electron chi connectivity index (χ4n) is 4.08. The van der Waals surface area contributed by atoms with Crippen molar-refractivity contribution in [3.8, 4) is 11.5 Å². The van der Waals surface area contributed by atoms with E-state index in [9.17, 15) is 18.0 Å². The fraction of sp³-hybridized carbons (Fsp3) is 0.462. The highest BCUT2D eigenvalue weighted by Crippen LogP contribution is 2.35. The first-order chi connectivity index (χ1) is 18.1. The standard InChI is InChI=1S/C26H33Cl2N3O6S/c1-4-6-12-29-26(33)22(5-2)30(16-19-20(27)8-7-9-21(19)28)25(32)17-31(38(3,34)35)18-10-11-23-24(15-18)37-14-13-36-23/h7-11,15,22H,4-6,12-14,16-17H2,1-3H3,(H,29,33)/t22-/m0/s1. The average Bonchev–Trinajstić information content (AvgIpc) is 2.88. The Bertz CT molecular complexity index is 1240. The van der Waals surface area contributed by atoms with Crippen LogP contribution in [-0.4, -0.2) is 63.7 Å². The minimum atomic E-state index is -3.90. The van der Waals surface area contributed by atoms with Gasteiger partial charge < -0.3 is 19.7 Å². The summed E-state index contributed by atoms with van der Waals surface area (Å²) in [7, 11) is -3.90. The third-order valence-corrected chi connectivity index (χ3v) is 7.95. The Morgan fingerprint density at radius 1 is 1.05 bits per heavy atom. The summed E-state index contributed by atoms with van der Waals surface area (Å²) in [5.74, 6) is -0.0395. The zero-order valence-corrected chi connectivity index (χ0v) is 24.0. The molecule has 0 unspecified atom stereocenters. The number of unbranched alkanes of at least 4 members (excludes halogenated alkanes) is 1. The highest BCUT2D eigenvalue weighted by Gasteiger charge is 2.33. The van der Waals surface area contributed by atoms with Crippen LogP contribution in [0.3, 0.4) is 0 Å². The first kappa shape index (κ1) is 29.9. The molecule has 0 radical (unpaired) electrons. The van der Waals surface area contributed by atoms with Crippen molar-refractivity contribution in [2.24, 2.45) is 0 Å². The third-order valence-electron chi connectivity index (χ3n) is 6.10. The number of carbonyl (C=O) groups excluding carboxylic acids is 2. The predicted octanol–water partition coefficient (Wildman–Crippen LogP) is 4.25. The highest BCUT2D eigenvalue weighted by atomic mass is 35.5. The molecular weight excluding hydrogens is 553 g/mol. The molecular formula is C26H33Cl2N3O6S. The summed E-state index contributed by atoms with van der Waals surface area (Å²) in [6.07, 6.45) is 3.00. The molecule has 208 valence electrons. The van der Waals surface area contributed by atoms with Crippen LogP contribution in [0.25, 0.3) is 0 Å². The molecule has 0 fully saturated rings. The van der Waals surface area contributed by atoms with E-state index in [4.69, 9.17) is 32.7 Å². The van der Waals surface area contributed by atoms with Crippen LogP contribution in [0, 0.1) is 0 Å². The van der Waals surface area contributed by atoms with Gasteiger partial charge in [-0.15, -0.1) is 0 Å². The van der Waals surface area contributed by atoms with Gasteiger partial charge in [-0.1, -0.05) is 49.5 Å². The van der Waals surface area contributed by atoms with Gasteiger partial charge >= 0.3 is 0 Å². The highest BCUT2D eigenvalue weighted by molar-refractivity contribution is 7.92. The maximum absolute atomic E-state index is 13.8. The van der Waals surface area contributed by atoms with E-state index in [2.05, 4.69) is 5.32 Å². The lowest BCUT2D eigenvalue weighted by Gasteiger charge is -2.33. The van der Waals surface area contributed by atoms with E-state index < -0.39 is 28.5 Å². The molecule has 3 rings (SSSR count). The van der Waals surface area contributed by atoms with Crippen LogP contribution in [-0.2, 0) is 26.2 Å². The molecule has 1 N–H and O–H groups in total. The Hall–Kier alpha value is -2.69. The number of benzene rings is 2. The maximum atomic E-state index is 13.8. The van der Waals surface area contributed by atoms with E-state index >= 15 is 0 Å². The van der Waals surface area contributed by atoms with Gasteiger partial charge in [-0.25, -0.2) is 8.42 Å². The second-order valence-corrected chi connectivity index (χ2v) is 11.6. The third kappa shape index (κ3) is 7.45. The molecule has 2 amide bonds. The van der Waals surface area contributed by atoms with Gasteiger partial charge in [0, 0.05) is 34.8 Å². The monoisotopic (exact) mass is 585 g/mol. The van der Waals surface area contributed by atoms with Gasteiger partial charge in [-0.05, 0) is 37.1 Å². The van der Waals surface area contributed by atoms with Gasteiger partial charge in [0.1, 0.15) is 25.8 Å². The van der Waals surface area contributed by atoms with Gasteiger partial charge in [-0.3, -0.25) is 13.9 Å². The van der Waals surface area contributed by atoms with Crippen LogP contribution in [0.1, 0.15) is 38.7 Å². The first-order valence-corrected chi connectivity index (χ1v) is 15.0. The number of fused-ring (bicyclic) bond motifs is 1. The number of sulfonamides is 1. The summed E-state index contributed by atoms with van der Waals surface area (Å²) in [6, 6.07) is 8.77. The topological polar surface area (TPSA) is 105 Å². The Kier molecular flexibility index (Phi) is 10.5. The summed E-state index contributed by atoms with van der Waals surface area (Å²) in [6.45, 7) is 4.36. The molecule has 12 heteroatoms. The van der Waals surface area contributed by atoms with Crippen molar-refractivity contribution in [3.63, 3.8) is 0 Å². The number of hydrogen-bond donors (Lipinski definition) is 1. The number of nitrogens with one attached hydrogen (secondary N) is 1. The van der Waals surface area contributed by atoms with Crippen molar-refractivity contribution >= 4 is 50.7 Å². The normalized spacial score (nSPS) is 13.5. The molecule has 0 saturated heterocycles. The van der Waals surface area contributed by atoms with E-state index in [-0.39, 0.29) is 18.1 Å². The number of rotatable bonds is 12. The smallest absolute Gasteiger partial charge is 0.244 e. The largest absolute Gasteiger partial charge is 0.486 e. The Labute approximate surface area is 234 Å². The first-order valence-electron chi connectivity index (χ1n) is 12.4. The number of nitrogens with zero attached hydrogens (tertiary/aromatic N) is 2. The molecule has 0 spiro atoms. The SMILES string of the molecule is CCCCNC(=O)[C@H](CC)N(Cc1c(Cl)cccc1Cl)C(=O)CN(c1ccc2c(c1)OCCO2)S(C)(=O)=O. The maximum Gasteiger partial charge on any atom is 0.244 e. The number of ether oxygens (including phenoxy) is 2. The molecule has 38 heavy (non-hydrogen) atoms. The Morgan fingerprint density at radius 2 is 1.71 bits per heavy atom. The van der Waals surface area contributed by atoms with Crippen molar-refractivity contribution in [3.05, 3.63) is 52.0 Å². The number of amides is 2. The van der Waals surface area contributed by atoms with Gasteiger partial charge in [0.2, 0.25) is 21.8 Å². The lowest BCUT2D eigenvalue weighted by Crippen LogP contribution is -2.52. The number of hydrogen-bond acceptors (Lipinski definition) is 6. The molecule has 0 aliphatic carbocycles. The van der Waals surface area contributed by atoms with Crippen LogP contribution in [0.5, 0.6) is 11.5 Å². The summed E-state index contributed by atoms with van der Waals surface area (Å²) in [4.78, 5) is 28.3. The average molecular weight is 587 g/mol. The van der Waals surface area contributed by atoms with Crippen molar-refractivity contribution in [1.82, 2.24) is 10.2 Å². The molecule has 0 saturated carbocycles. The van der Waals surface area contributed by atoms with Crippen LogP contribution >= 0.6 is 23.2 Å². The number of halogens is 2. The van der Waals surface area contributed by atoms with Gasteiger partial charge in [0.15, 0.2) is 11.5 Å². The molecule has 2 aromatic rings. The summed E-state index contributed by atoms with van der Waals surface area (Å²) in [5.41, 5.74) is 0.704. The molecule has 0 bridgehead atoms. The van der Waals surface area contributed by atoms with Crippen molar-refractivity contribution in [1.29, 1.82) is 0 Å². The second-order valence-electron chi connectivity index (χ2n) is 8.89. The molecule has 1 atom stereocenters. The Morgan fingerprint density at radius 3 is 2.32 bits per heavy atom. The molecule has 0 aromatic heterocycles. The van der Waals surface area contributed by atoms with Crippen molar-refractivity contribution in [2.45, 2.75) is 45.7 Å². The second kappa shape index (κ2) is 13.4. The quantitative estimate of drug-likeness (QED) is 0.373. The molecule has 1 aliphatic rings. The Balaban J connectivity index is 1.97. The summed E-state index contributed by atoms with van der Waals surface area (Å²) in [5, 5.41) is 3.55. The van der Waals surface area contributed by atoms with Gasteiger partial charge in [0.05, 0.1) is 11.9 Å². The van der Waals surface area contributed by atoms with E-state index in [1.165, 1.54) is 11.0 Å². The van der Waals surface area contributed by atoms with E-state index in [1.807, 2.05) is 6.92 Å². The molecule has 2 aromatic carbocycles. The minimum Gasteiger partial charge on any atom is -0.486 e. The van der Waals surface area contributed by atoms with Crippen LogP contribution < -0.4 is 19.1 Å². The van der Waals surface area contributed by atoms with Crippen molar-refractivity contribution in [2.75, 3.05) is 36.9 Å². The number of carbonyl (C=O) groups is 2. The van der Waals surface area contributed by atoms with Crippen LogP contribution in [0.2, 0.25) is 10.0 Å². The molecule has 9 nitrogen and oxygen atoms in total. The summed E-state index contributed by atoms with van der Waals surface area (Å²) < 4.78 is 37.8. The van der Waals surface area contributed by atoms with Crippen molar-refractivity contribution < 1.29 is 27.5 Å². The molecule has 1 heterocycles. The lowest BCUT2D eigenvalue weighted by atomic mass is 10.1. The number of anilines is 1. The fourth-order valence-corrected chi connectivity index (χ4v) is 5.44. The van der Waals surface area contributed by atoms with E-state index in [1.54, 1.807) is 37.3 Å². The van der Waals surface area contributed by atoms with Crippen LogP contribution in [0.4, 0.5) is 5.69 Å². The lowest BCUT2D eigenvalue weighted by molar-refractivity contribution is -0.140.